The first kappa shape index (κ1) is 27.6. The smallest absolute Gasteiger partial charge is 0.180 e. The Labute approximate surface area is 270 Å². The molecule has 0 aliphatic heterocycles. The molecule has 46 heavy (non-hydrogen) atoms. The Morgan fingerprint density at radius 3 is 1.46 bits per heavy atom. The van der Waals surface area contributed by atoms with Crippen molar-refractivity contribution < 1.29 is 0 Å². The molecule has 0 saturated carbocycles. The van der Waals surface area contributed by atoms with Gasteiger partial charge in [-0.3, -0.25) is 0 Å². The highest BCUT2D eigenvalue weighted by atomic mass is 28.3. The van der Waals surface area contributed by atoms with Crippen LogP contribution in [-0.4, -0.2) is 12.6 Å². The molecular formula is C43H30N2Si. The summed E-state index contributed by atoms with van der Waals surface area (Å²) in [4.78, 5) is 0. The summed E-state index contributed by atoms with van der Waals surface area (Å²) in [5.41, 5.74) is 6.10. The number of nitrogens with zero attached hydrogens (tertiary/aromatic N) is 2. The number of benzene rings is 7. The summed E-state index contributed by atoms with van der Waals surface area (Å²) in [6, 6.07) is 67.3. The first-order valence-electron chi connectivity index (χ1n) is 15.6. The number of aromatic nitrogens is 1. The lowest BCUT2D eigenvalue weighted by atomic mass is 9.99. The van der Waals surface area contributed by atoms with Crippen LogP contribution in [0.1, 0.15) is 5.56 Å². The van der Waals surface area contributed by atoms with Gasteiger partial charge in [0.05, 0.1) is 22.7 Å². The molecular weight excluding hydrogens is 573 g/mol. The van der Waals surface area contributed by atoms with E-state index in [0.717, 1.165) is 27.6 Å². The van der Waals surface area contributed by atoms with Crippen molar-refractivity contribution in [3.63, 3.8) is 0 Å². The number of hydrogen-bond donors (Lipinski definition) is 0. The lowest BCUT2D eigenvalue weighted by Gasteiger charge is -2.35. The highest BCUT2D eigenvalue weighted by Gasteiger charge is 2.43. The van der Waals surface area contributed by atoms with Gasteiger partial charge in [0, 0.05) is 16.5 Å². The Balaban J connectivity index is 1.40. The Morgan fingerprint density at radius 1 is 0.457 bits per heavy atom. The van der Waals surface area contributed by atoms with Crippen LogP contribution in [0.15, 0.2) is 182 Å². The molecule has 0 saturated heterocycles. The molecule has 0 bridgehead atoms. The fourth-order valence-corrected chi connectivity index (χ4v) is 12.2. The molecule has 0 radical (unpaired) electrons. The minimum Gasteiger partial charge on any atom is -0.309 e. The fourth-order valence-electron chi connectivity index (χ4n) is 7.27. The molecule has 1 aromatic heterocycles. The van der Waals surface area contributed by atoms with Crippen molar-refractivity contribution in [2.45, 2.75) is 0 Å². The van der Waals surface area contributed by atoms with E-state index >= 15 is 0 Å². The minimum absolute atomic E-state index is 0.727. The summed E-state index contributed by atoms with van der Waals surface area (Å²) in [5, 5.41) is 18.4. The molecule has 0 fully saturated rings. The summed E-state index contributed by atoms with van der Waals surface area (Å²) in [7, 11) is -2.90. The molecule has 3 heteroatoms. The van der Waals surface area contributed by atoms with Gasteiger partial charge in [0.2, 0.25) is 0 Å². The summed E-state index contributed by atoms with van der Waals surface area (Å²) in [5.74, 6) is 0. The van der Waals surface area contributed by atoms with E-state index in [2.05, 4.69) is 193 Å². The van der Waals surface area contributed by atoms with Gasteiger partial charge in [0.1, 0.15) is 0 Å². The van der Waals surface area contributed by atoms with Gasteiger partial charge in [-0.25, -0.2) is 0 Å². The van der Waals surface area contributed by atoms with Crippen LogP contribution in [-0.2, 0) is 0 Å². The van der Waals surface area contributed by atoms with Gasteiger partial charge in [-0.2, -0.15) is 5.26 Å². The minimum atomic E-state index is -2.90. The van der Waals surface area contributed by atoms with E-state index in [-0.39, 0.29) is 0 Å². The Hall–Kier alpha value is -5.95. The second kappa shape index (κ2) is 11.5. The third-order valence-corrected chi connectivity index (χ3v) is 14.0. The maximum absolute atomic E-state index is 11.1. The van der Waals surface area contributed by atoms with Crippen molar-refractivity contribution in [1.82, 2.24) is 4.57 Å². The van der Waals surface area contributed by atoms with Gasteiger partial charge in [-0.1, -0.05) is 158 Å². The molecule has 8 aromatic rings. The zero-order chi connectivity index (χ0) is 30.9. The van der Waals surface area contributed by atoms with E-state index in [0.29, 0.717) is 0 Å². The topological polar surface area (TPSA) is 28.7 Å². The zero-order valence-corrected chi connectivity index (χ0v) is 26.2. The van der Waals surface area contributed by atoms with Crippen LogP contribution in [0.2, 0.25) is 0 Å². The number of nitriles is 1. The SMILES string of the molecule is N#Cc1c(-c2cccc(-n3c4ccccc4c4ccccc43)c2)cccc1[Si](c1ccccc1)(c1ccccc1)c1ccccc1. The lowest BCUT2D eigenvalue weighted by molar-refractivity contribution is 1.18. The van der Waals surface area contributed by atoms with E-state index in [1.54, 1.807) is 0 Å². The lowest BCUT2D eigenvalue weighted by Crippen LogP contribution is -2.75. The second-order valence-electron chi connectivity index (χ2n) is 11.6. The number of fused-ring (bicyclic) bond motifs is 3. The van der Waals surface area contributed by atoms with Crippen LogP contribution in [0.5, 0.6) is 0 Å². The average Bonchev–Trinajstić information content (AvgIpc) is 3.48. The first-order chi connectivity index (χ1) is 22.8. The van der Waals surface area contributed by atoms with E-state index in [1.165, 1.54) is 37.4 Å². The molecule has 0 amide bonds. The number of para-hydroxylation sites is 2. The summed E-state index contributed by atoms with van der Waals surface area (Å²) >= 11 is 0. The van der Waals surface area contributed by atoms with Crippen molar-refractivity contribution in [2.24, 2.45) is 0 Å². The van der Waals surface area contributed by atoms with E-state index < -0.39 is 8.07 Å². The van der Waals surface area contributed by atoms with Crippen molar-refractivity contribution in [2.75, 3.05) is 0 Å². The maximum Gasteiger partial charge on any atom is 0.180 e. The Kier molecular flexibility index (Phi) is 6.91. The molecule has 8 rings (SSSR count). The van der Waals surface area contributed by atoms with Crippen molar-refractivity contribution in [1.29, 1.82) is 5.26 Å². The average molecular weight is 603 g/mol. The summed E-state index contributed by atoms with van der Waals surface area (Å²) < 4.78 is 2.33. The third kappa shape index (κ3) is 4.31. The quantitative estimate of drug-likeness (QED) is 0.142. The van der Waals surface area contributed by atoms with E-state index in [9.17, 15) is 5.26 Å². The molecule has 0 spiro atoms. The Morgan fingerprint density at radius 2 is 0.935 bits per heavy atom. The number of rotatable bonds is 6. The highest BCUT2D eigenvalue weighted by molar-refractivity contribution is 7.20. The highest BCUT2D eigenvalue weighted by Crippen LogP contribution is 2.33. The molecule has 2 nitrogen and oxygen atoms in total. The number of hydrogen-bond acceptors (Lipinski definition) is 1. The second-order valence-corrected chi connectivity index (χ2v) is 15.4. The van der Waals surface area contributed by atoms with Crippen LogP contribution >= 0.6 is 0 Å². The standard InChI is InChI=1S/C43H30N2Si/c44-31-40-37(32-16-14-17-33(30-32)45-41-27-12-10-24-38(41)39-25-11-13-28-42(39)45)26-15-29-43(40)46(34-18-4-1-5-19-34,35-20-6-2-7-21-35)36-22-8-3-9-23-36/h1-30H. The van der Waals surface area contributed by atoms with Gasteiger partial charge in [-0.15, -0.1) is 0 Å². The third-order valence-electron chi connectivity index (χ3n) is 9.20. The predicted octanol–water partition coefficient (Wildman–Crippen LogP) is 7.70. The van der Waals surface area contributed by atoms with Crippen LogP contribution in [0.3, 0.4) is 0 Å². The molecule has 1 heterocycles. The molecule has 0 aliphatic carbocycles. The normalized spacial score (nSPS) is 11.5. The molecule has 0 atom stereocenters. The van der Waals surface area contributed by atoms with Crippen LogP contribution in [0.25, 0.3) is 38.6 Å². The van der Waals surface area contributed by atoms with Crippen molar-refractivity contribution in [3.8, 4) is 22.9 Å². The predicted molar refractivity (Wildman–Crippen MR) is 195 cm³/mol. The zero-order valence-electron chi connectivity index (χ0n) is 25.2. The van der Waals surface area contributed by atoms with E-state index in [1.807, 2.05) is 0 Å². The molecule has 0 N–H and O–H groups in total. The van der Waals surface area contributed by atoms with E-state index in [4.69, 9.17) is 0 Å². The molecule has 0 unspecified atom stereocenters. The first-order valence-corrected chi connectivity index (χ1v) is 17.6. The van der Waals surface area contributed by atoms with Crippen LogP contribution < -0.4 is 20.7 Å². The van der Waals surface area contributed by atoms with Gasteiger partial charge in [-0.05, 0) is 56.1 Å². The van der Waals surface area contributed by atoms with Gasteiger partial charge in [0.15, 0.2) is 8.07 Å². The van der Waals surface area contributed by atoms with Crippen molar-refractivity contribution in [3.05, 3.63) is 188 Å². The monoisotopic (exact) mass is 602 g/mol. The fraction of sp³-hybridized carbons (Fsp3) is 0. The van der Waals surface area contributed by atoms with Gasteiger partial charge >= 0.3 is 0 Å². The molecule has 0 aliphatic rings. The summed E-state index contributed by atoms with van der Waals surface area (Å²) in [6.45, 7) is 0. The molecule has 216 valence electrons. The summed E-state index contributed by atoms with van der Waals surface area (Å²) in [6.07, 6.45) is 0. The van der Waals surface area contributed by atoms with Crippen molar-refractivity contribution >= 4 is 50.6 Å². The van der Waals surface area contributed by atoms with Gasteiger partial charge in [0.25, 0.3) is 0 Å². The molecule has 7 aromatic carbocycles. The Bertz CT molecular complexity index is 2220. The maximum atomic E-state index is 11.1. The van der Waals surface area contributed by atoms with Gasteiger partial charge < -0.3 is 4.57 Å². The largest absolute Gasteiger partial charge is 0.309 e. The van der Waals surface area contributed by atoms with Crippen LogP contribution in [0.4, 0.5) is 0 Å². The van der Waals surface area contributed by atoms with Crippen LogP contribution in [0, 0.1) is 11.3 Å².